The highest BCUT2D eigenvalue weighted by atomic mass is 31.1. The second kappa shape index (κ2) is 9.88. The highest BCUT2D eigenvalue weighted by Gasteiger charge is 2.55. The van der Waals surface area contributed by atoms with Gasteiger partial charge in [-0.3, -0.25) is 14.1 Å². The predicted molar refractivity (Wildman–Crippen MR) is 115 cm³/mol. The number of nitrogen functional groups attached to an aromatic ring is 1. The van der Waals surface area contributed by atoms with Crippen molar-refractivity contribution in [3.8, 4) is 5.75 Å². The molecular formula is C17H24FN5O7P2. The number of nitrogens with zero attached hydrogens (tertiary/aromatic N) is 3. The Morgan fingerprint density at radius 1 is 1.53 bits per heavy atom. The average Bonchev–Trinajstić information content (AvgIpc) is 2.96. The maximum Gasteiger partial charge on any atom is 0.351 e. The lowest BCUT2D eigenvalue weighted by Gasteiger charge is -2.24. The van der Waals surface area contributed by atoms with Crippen molar-refractivity contribution in [2.24, 2.45) is 0 Å². The van der Waals surface area contributed by atoms with Gasteiger partial charge in [0.15, 0.2) is 11.6 Å². The van der Waals surface area contributed by atoms with Gasteiger partial charge in [-0.05, 0) is 13.0 Å². The van der Waals surface area contributed by atoms with E-state index < -0.39 is 44.3 Å². The molecule has 1 aliphatic heterocycles. The number of hydrogen-bond acceptors (Lipinski definition) is 10. The Kier molecular flexibility index (Phi) is 7.61. The van der Waals surface area contributed by atoms with Crippen LogP contribution in [0.15, 0.2) is 23.3 Å². The van der Waals surface area contributed by atoms with Gasteiger partial charge in [0.1, 0.15) is 23.8 Å². The number of ether oxygens (including phenoxy) is 1. The lowest BCUT2D eigenvalue weighted by Crippen LogP contribution is -2.40. The number of aromatic hydroxyl groups is 1. The van der Waals surface area contributed by atoms with Gasteiger partial charge in [-0.15, -0.1) is 0 Å². The number of hydrogen-bond donors (Lipinski definition) is 5. The fourth-order valence-electron chi connectivity index (χ4n) is 3.18. The van der Waals surface area contributed by atoms with Crippen LogP contribution in [-0.2, 0) is 27.0 Å². The Morgan fingerprint density at radius 3 is 2.91 bits per heavy atom. The van der Waals surface area contributed by atoms with Crippen molar-refractivity contribution in [1.82, 2.24) is 19.6 Å². The van der Waals surface area contributed by atoms with Gasteiger partial charge < -0.3 is 30.3 Å². The first-order valence-electron chi connectivity index (χ1n) is 9.40. The van der Waals surface area contributed by atoms with E-state index >= 15 is 4.39 Å². The molecule has 0 saturated carbocycles. The van der Waals surface area contributed by atoms with Crippen LogP contribution in [0.3, 0.4) is 0 Å². The third-order valence-electron chi connectivity index (χ3n) is 4.98. The van der Waals surface area contributed by atoms with Crippen molar-refractivity contribution in [1.29, 1.82) is 0 Å². The minimum atomic E-state index is -2.91. The molecule has 2 aromatic rings. The number of halogens is 1. The molecule has 6 N–H and O–H groups in total. The molecule has 6 atom stereocenters. The molecule has 0 radical (unpaired) electrons. The average molecular weight is 491 g/mol. The quantitative estimate of drug-likeness (QED) is 0.306. The lowest BCUT2D eigenvalue weighted by molar-refractivity contribution is -0.0463. The minimum Gasteiger partial charge on any atom is -0.506 e. The Hall–Kier alpha value is -1.98. The van der Waals surface area contributed by atoms with Crippen molar-refractivity contribution in [3.05, 3.63) is 45.8 Å². The fourth-order valence-corrected chi connectivity index (χ4v) is 4.37. The maximum absolute atomic E-state index is 15.1. The molecule has 12 nitrogen and oxygen atoms in total. The van der Waals surface area contributed by atoms with Crippen LogP contribution in [0.4, 0.5) is 10.2 Å². The van der Waals surface area contributed by atoms with Gasteiger partial charge in [-0.1, -0.05) is 9.24 Å². The topological polar surface area (TPSA) is 182 Å². The standard InChI is InChI=1S/C17H24FN5O7P2/c1-8-13(25)10(9(6-24)4-20-8)5-21-32(28)29-7-11-14(26)17(18,31)15(30-11)23-3-2-12(19)22-16(23)27/h2-4,11,14-15,24-26,32H,5-7,31H2,1H3,(H,21,28)(H2,19,22,27)/t11-,14?,15-,17?/m1/s1. The molecule has 0 aromatic carbocycles. The molecule has 3 heterocycles. The fraction of sp³-hybridized carbons (Fsp3) is 0.471. The summed E-state index contributed by atoms with van der Waals surface area (Å²) in [4.78, 5) is 19.5. The highest BCUT2D eigenvalue weighted by Crippen LogP contribution is 2.46. The van der Waals surface area contributed by atoms with Crippen molar-refractivity contribution in [2.75, 3.05) is 12.3 Å². The number of pyridine rings is 1. The number of nitrogens with two attached hydrogens (primary N) is 1. The van der Waals surface area contributed by atoms with Gasteiger partial charge in [0.2, 0.25) is 0 Å². The van der Waals surface area contributed by atoms with E-state index in [1.54, 1.807) is 6.92 Å². The Bertz CT molecular complexity index is 1070. The van der Waals surface area contributed by atoms with E-state index in [0.717, 1.165) is 4.57 Å². The molecule has 1 aliphatic rings. The summed E-state index contributed by atoms with van der Waals surface area (Å²) in [6.07, 6.45) is -1.91. The summed E-state index contributed by atoms with van der Waals surface area (Å²) in [5.74, 6) is -0.202. The second-order valence-corrected chi connectivity index (χ2v) is 9.25. The van der Waals surface area contributed by atoms with E-state index in [4.69, 9.17) is 15.0 Å². The van der Waals surface area contributed by atoms with Crippen LogP contribution in [0.1, 0.15) is 23.0 Å². The zero-order valence-electron chi connectivity index (χ0n) is 16.9. The zero-order chi connectivity index (χ0) is 23.6. The van der Waals surface area contributed by atoms with Crippen LogP contribution < -0.4 is 16.5 Å². The van der Waals surface area contributed by atoms with Gasteiger partial charge in [0.05, 0.1) is 18.9 Å². The minimum absolute atomic E-state index is 0.0534. The third kappa shape index (κ3) is 4.99. The van der Waals surface area contributed by atoms with Gasteiger partial charge in [-0.25, -0.2) is 14.3 Å². The molecule has 0 spiro atoms. The van der Waals surface area contributed by atoms with E-state index in [2.05, 4.69) is 15.1 Å². The molecule has 3 rings (SSSR count). The van der Waals surface area contributed by atoms with Crippen molar-refractivity contribution in [3.63, 3.8) is 0 Å². The molecule has 1 fully saturated rings. The van der Waals surface area contributed by atoms with Crippen LogP contribution in [0.25, 0.3) is 0 Å². The number of aliphatic hydroxyl groups is 2. The van der Waals surface area contributed by atoms with Crippen LogP contribution in [-0.4, -0.2) is 54.1 Å². The number of anilines is 1. The first kappa shape index (κ1) is 24.7. The summed E-state index contributed by atoms with van der Waals surface area (Å²) in [5, 5.41) is 29.9. The van der Waals surface area contributed by atoms with E-state index in [0.29, 0.717) is 16.8 Å². The first-order chi connectivity index (χ1) is 15.1. The molecule has 15 heteroatoms. The molecule has 1 saturated heterocycles. The van der Waals surface area contributed by atoms with E-state index in [9.17, 15) is 24.7 Å². The number of aryl methyl sites for hydroxylation is 1. The smallest absolute Gasteiger partial charge is 0.351 e. The monoisotopic (exact) mass is 491 g/mol. The van der Waals surface area contributed by atoms with E-state index in [1.165, 1.54) is 18.5 Å². The van der Waals surface area contributed by atoms with Crippen LogP contribution >= 0.6 is 17.4 Å². The number of rotatable bonds is 8. The molecular weight excluding hydrogens is 467 g/mol. The summed E-state index contributed by atoms with van der Waals surface area (Å²) in [6.45, 7) is 0.647. The molecule has 4 unspecified atom stereocenters. The summed E-state index contributed by atoms with van der Waals surface area (Å²) in [5.41, 5.74) is 5.55. The highest BCUT2D eigenvalue weighted by molar-refractivity contribution is 7.36. The molecule has 2 aromatic heterocycles. The number of aliphatic hydroxyl groups excluding tert-OH is 2. The van der Waals surface area contributed by atoms with Crippen LogP contribution in [0.2, 0.25) is 0 Å². The lowest BCUT2D eigenvalue weighted by atomic mass is 10.1. The van der Waals surface area contributed by atoms with Crippen molar-refractivity contribution in [2.45, 2.75) is 43.9 Å². The molecule has 0 aliphatic carbocycles. The van der Waals surface area contributed by atoms with Gasteiger partial charge >= 0.3 is 5.69 Å². The maximum atomic E-state index is 15.1. The Labute approximate surface area is 184 Å². The van der Waals surface area contributed by atoms with Crippen LogP contribution in [0.5, 0.6) is 5.75 Å². The number of alkyl halides is 1. The second-order valence-electron chi connectivity index (χ2n) is 7.15. The summed E-state index contributed by atoms with van der Waals surface area (Å²) < 4.78 is 38.9. The van der Waals surface area contributed by atoms with Gasteiger partial charge in [0.25, 0.3) is 8.18 Å². The SMILES string of the molecule is Cc1ncc(CO)c(CN[PH](=O)OC[C@H]2O[C@@H](n3ccc(N)nc3=O)C(F)(P)C2O)c1O. The number of nitrogens with one attached hydrogen (secondary N) is 1. The van der Waals surface area contributed by atoms with Crippen LogP contribution in [0, 0.1) is 6.92 Å². The normalized spacial score (nSPS) is 26.3. The molecule has 0 bridgehead atoms. The molecule has 32 heavy (non-hydrogen) atoms. The van der Waals surface area contributed by atoms with Gasteiger partial charge in [-0.2, -0.15) is 4.98 Å². The summed E-state index contributed by atoms with van der Waals surface area (Å²) in [6, 6.07) is 1.28. The molecule has 176 valence electrons. The van der Waals surface area contributed by atoms with E-state index in [-0.39, 0.29) is 24.7 Å². The Balaban J connectivity index is 1.63. The third-order valence-corrected chi connectivity index (χ3v) is 6.50. The molecule has 0 amide bonds. The van der Waals surface area contributed by atoms with Crippen molar-refractivity contribution < 1.29 is 33.5 Å². The summed E-state index contributed by atoms with van der Waals surface area (Å²) >= 11 is 0. The first-order valence-corrected chi connectivity index (χ1v) is 11.3. The van der Waals surface area contributed by atoms with Gasteiger partial charge in [0, 0.05) is 30.1 Å². The Morgan fingerprint density at radius 2 is 2.25 bits per heavy atom. The zero-order valence-corrected chi connectivity index (χ0v) is 19.1. The largest absolute Gasteiger partial charge is 0.506 e. The number of aromatic nitrogens is 3. The van der Waals surface area contributed by atoms with E-state index in [1.807, 2.05) is 9.24 Å². The summed E-state index contributed by atoms with van der Waals surface area (Å²) in [7, 11) is -1.10. The predicted octanol–water partition coefficient (Wildman–Crippen LogP) is -0.278. The van der Waals surface area contributed by atoms with Crippen molar-refractivity contribution >= 4 is 23.2 Å².